The van der Waals surface area contributed by atoms with E-state index >= 15 is 0 Å². The van der Waals surface area contributed by atoms with Gasteiger partial charge in [-0.15, -0.1) is 0 Å². The van der Waals surface area contributed by atoms with E-state index in [0.29, 0.717) is 12.8 Å². The van der Waals surface area contributed by atoms with E-state index < -0.39 is 69.1 Å². The molecule has 12 nitrogen and oxygen atoms in total. The van der Waals surface area contributed by atoms with E-state index in [4.69, 9.17) is 37.3 Å². The molecule has 0 saturated carbocycles. The number of ether oxygens (including phenoxy) is 5. The van der Waals surface area contributed by atoms with Gasteiger partial charge in [0.2, 0.25) is 0 Å². The maximum absolute atomic E-state index is 14.6. The zero-order valence-electron chi connectivity index (χ0n) is 30.3. The first-order valence-electron chi connectivity index (χ1n) is 18.0. The van der Waals surface area contributed by atoms with Crippen LogP contribution >= 0.6 is 7.82 Å². The van der Waals surface area contributed by atoms with Crippen LogP contribution in [-0.4, -0.2) is 68.4 Å². The van der Waals surface area contributed by atoms with Crippen molar-refractivity contribution in [2.24, 2.45) is 0 Å². The van der Waals surface area contributed by atoms with E-state index in [9.17, 15) is 18.9 Å². The van der Waals surface area contributed by atoms with Crippen LogP contribution in [0.1, 0.15) is 42.2 Å². The fourth-order valence-electron chi connectivity index (χ4n) is 6.53. The molecule has 0 radical (unpaired) electrons. The lowest BCUT2D eigenvalue weighted by molar-refractivity contribution is -0.291. The highest BCUT2D eigenvalue weighted by Crippen LogP contribution is 2.52. The summed E-state index contributed by atoms with van der Waals surface area (Å²) in [5.41, 5.74) is 2.65. The molecule has 13 heteroatoms. The fourth-order valence-corrected chi connectivity index (χ4v) is 7.91. The molecule has 5 aromatic carbocycles. The Kier molecular flexibility index (Phi) is 12.3. The number of rotatable bonds is 14. The molecule has 1 heterocycles. The molecule has 0 N–H and O–H groups in total. The lowest BCUT2D eigenvalue weighted by atomic mass is 9.97. The van der Waals surface area contributed by atoms with Gasteiger partial charge in [-0.05, 0) is 72.5 Å². The summed E-state index contributed by atoms with van der Waals surface area (Å²) >= 11 is 0. The lowest BCUT2D eigenvalue weighted by Gasteiger charge is -2.44. The van der Waals surface area contributed by atoms with Gasteiger partial charge < -0.3 is 28.2 Å². The second-order valence-corrected chi connectivity index (χ2v) is 14.6. The summed E-state index contributed by atoms with van der Waals surface area (Å²) in [6.45, 7) is -0.574. The molecular weight excluding hydrogens is 739 g/mol. The number of hydrogen-bond acceptors (Lipinski definition) is 12. The molecule has 5 aromatic rings. The number of carbonyl (C=O) groups excluding carboxylic acids is 3. The highest BCUT2D eigenvalue weighted by Gasteiger charge is 2.54. The molecule has 288 valence electrons. The van der Waals surface area contributed by atoms with Crippen LogP contribution in [0.5, 0.6) is 5.75 Å². The average molecular weight is 779 g/mol. The Morgan fingerprint density at radius 3 is 1.50 bits per heavy atom. The lowest BCUT2D eigenvalue weighted by Crippen LogP contribution is -2.62. The minimum atomic E-state index is -4.46. The molecule has 0 bridgehead atoms. The van der Waals surface area contributed by atoms with Crippen molar-refractivity contribution in [3.63, 3.8) is 0 Å². The van der Waals surface area contributed by atoms with Crippen LogP contribution < -0.4 is 4.52 Å². The zero-order chi connectivity index (χ0) is 38.9. The topological polar surface area (TPSA) is 142 Å². The molecule has 0 spiro atoms. The number of carbonyl (C=O) groups is 3. The Morgan fingerprint density at radius 2 is 1.02 bits per heavy atom. The molecule has 0 amide bonds. The van der Waals surface area contributed by atoms with Gasteiger partial charge in [0.1, 0.15) is 11.9 Å². The van der Waals surface area contributed by atoms with Gasteiger partial charge in [-0.2, -0.15) is 0 Å². The minimum Gasteiger partial charge on any atom is -0.452 e. The highest BCUT2D eigenvalue weighted by atomic mass is 31.2. The standard InChI is InChI=1S/C43H39O12P/c1-48-43-39(53-42(46)31-20-10-4-11-21-31)38(52-41(45)30-18-8-3-9-19-30)37(51-40(44)29-16-6-2-7-17-29)36(50-43)28-49-56(47,54-34-24-12-5-13-25-34)55-35-26-32-22-14-15-23-33(32)27-35/h2-25,35-39,43H,26-28H2,1H3/t36-,37-,38+,39-,43-,56?/m1/s1. The Bertz CT molecular complexity index is 2110. The molecule has 0 aromatic heterocycles. The number of para-hydroxylation sites is 1. The second-order valence-electron chi connectivity index (χ2n) is 13.0. The van der Waals surface area contributed by atoms with E-state index in [2.05, 4.69) is 0 Å². The summed E-state index contributed by atoms with van der Waals surface area (Å²) in [5, 5.41) is 0. The SMILES string of the molecule is CO[C@@H]1O[C@H](COP(=O)(Oc2ccccc2)OC2Cc3ccccc3C2)[C@@H](OC(=O)c2ccccc2)[C@H](OC(=O)c2ccccc2)[C@H]1OC(=O)c1ccccc1. The summed E-state index contributed by atoms with van der Waals surface area (Å²) in [6.07, 6.45) is -6.86. The van der Waals surface area contributed by atoms with Crippen molar-refractivity contribution in [2.45, 2.75) is 49.7 Å². The first-order valence-corrected chi connectivity index (χ1v) is 19.5. The van der Waals surface area contributed by atoms with Crippen molar-refractivity contribution >= 4 is 25.7 Å². The number of esters is 3. The monoisotopic (exact) mass is 778 g/mol. The number of fused-ring (bicyclic) bond motifs is 1. The smallest absolute Gasteiger partial charge is 0.452 e. The minimum absolute atomic E-state index is 0.175. The molecule has 56 heavy (non-hydrogen) atoms. The predicted molar refractivity (Wildman–Crippen MR) is 202 cm³/mol. The van der Waals surface area contributed by atoms with E-state index in [-0.39, 0.29) is 22.4 Å². The molecular formula is C43H39O12P. The number of benzene rings is 5. The zero-order valence-corrected chi connectivity index (χ0v) is 31.2. The van der Waals surface area contributed by atoms with Gasteiger partial charge in [0.15, 0.2) is 24.6 Å². The fraction of sp³-hybridized carbons (Fsp3) is 0.233. The van der Waals surface area contributed by atoms with Crippen molar-refractivity contribution in [2.75, 3.05) is 13.7 Å². The van der Waals surface area contributed by atoms with Crippen molar-refractivity contribution in [3.8, 4) is 5.75 Å². The summed E-state index contributed by atoms with van der Waals surface area (Å²) in [5.74, 6) is -2.18. The van der Waals surface area contributed by atoms with Crippen molar-refractivity contribution in [1.82, 2.24) is 0 Å². The maximum atomic E-state index is 14.6. The van der Waals surface area contributed by atoms with Crippen molar-refractivity contribution < 1.29 is 56.2 Å². The van der Waals surface area contributed by atoms with Crippen LogP contribution in [0.2, 0.25) is 0 Å². The molecule has 1 fully saturated rings. The third kappa shape index (κ3) is 9.42. The average Bonchev–Trinajstić information content (AvgIpc) is 3.64. The Morgan fingerprint density at radius 1 is 0.589 bits per heavy atom. The normalized spacial score (nSPS) is 21.6. The molecule has 1 unspecified atom stereocenters. The van der Waals surface area contributed by atoms with Gasteiger partial charge in [-0.3, -0.25) is 9.05 Å². The predicted octanol–water partition coefficient (Wildman–Crippen LogP) is 7.42. The van der Waals surface area contributed by atoms with Crippen LogP contribution in [0.3, 0.4) is 0 Å². The first-order chi connectivity index (χ1) is 27.3. The van der Waals surface area contributed by atoms with E-state index in [1.54, 1.807) is 121 Å². The van der Waals surface area contributed by atoms with Crippen LogP contribution in [0.4, 0.5) is 0 Å². The third-order valence-corrected chi connectivity index (χ3v) is 10.7. The number of methoxy groups -OCH3 is 1. The van der Waals surface area contributed by atoms with Crippen LogP contribution in [0.25, 0.3) is 0 Å². The van der Waals surface area contributed by atoms with Crippen LogP contribution in [0, 0.1) is 0 Å². The molecule has 7 rings (SSSR count). The van der Waals surface area contributed by atoms with Gasteiger partial charge in [0.25, 0.3) is 0 Å². The summed E-state index contributed by atoms with van der Waals surface area (Å²) < 4.78 is 62.8. The largest absolute Gasteiger partial charge is 0.530 e. The van der Waals surface area contributed by atoms with Crippen LogP contribution in [-0.2, 0) is 50.1 Å². The highest BCUT2D eigenvalue weighted by molar-refractivity contribution is 7.49. The number of hydrogen-bond donors (Lipinski definition) is 0. The Labute approximate surface area is 323 Å². The van der Waals surface area contributed by atoms with Crippen LogP contribution in [0.15, 0.2) is 146 Å². The molecule has 1 aliphatic heterocycles. The van der Waals surface area contributed by atoms with E-state index in [0.717, 1.165) is 11.1 Å². The first kappa shape index (κ1) is 38.6. The quantitative estimate of drug-likeness (QED) is 0.0629. The Balaban J connectivity index is 1.22. The van der Waals surface area contributed by atoms with Gasteiger partial charge in [-0.1, -0.05) is 97.1 Å². The van der Waals surface area contributed by atoms with Gasteiger partial charge in [0.05, 0.1) is 29.4 Å². The van der Waals surface area contributed by atoms with E-state index in [1.807, 2.05) is 24.3 Å². The summed E-state index contributed by atoms with van der Waals surface area (Å²) in [4.78, 5) is 41.0. The van der Waals surface area contributed by atoms with Gasteiger partial charge in [0, 0.05) is 7.11 Å². The third-order valence-electron chi connectivity index (χ3n) is 9.23. The molecule has 2 aliphatic rings. The van der Waals surface area contributed by atoms with Crippen molar-refractivity contribution in [1.29, 1.82) is 0 Å². The molecule has 6 atom stereocenters. The number of phosphoric ester groups is 1. The molecule has 1 saturated heterocycles. The second kappa shape index (κ2) is 17.9. The number of phosphoric acid groups is 1. The summed E-state index contributed by atoms with van der Waals surface area (Å²) in [7, 11) is -3.15. The van der Waals surface area contributed by atoms with Gasteiger partial charge in [-0.25, -0.2) is 18.9 Å². The maximum Gasteiger partial charge on any atom is 0.530 e. The Hall–Kier alpha value is -5.62. The van der Waals surface area contributed by atoms with Crippen molar-refractivity contribution in [3.05, 3.63) is 173 Å². The van der Waals surface area contributed by atoms with E-state index in [1.165, 1.54) is 7.11 Å². The molecule has 1 aliphatic carbocycles. The summed E-state index contributed by atoms with van der Waals surface area (Å²) in [6, 6.07) is 40.6. The van der Waals surface area contributed by atoms with Gasteiger partial charge >= 0.3 is 25.7 Å².